The number of nitrogens with zero attached hydrogens (tertiary/aromatic N) is 2. The molecule has 0 aromatic heterocycles. The SMILES string of the molecule is COC(=O)[C@@H]1Cc2ccc(OCCNC(=O)OC(C)(C)C)c(c2)-c2cc(ccc2OCCNC(=O)OC(C)(C)C)[C@H](N(C)C(=O)[C@H](CCNC(=O)OC(C)(C)C)NC(=O)N2CCC(c3ccc(C(C)(C)C)cc3)CC2)C(=O)N[C@@H](C)C(=O)N1. The first-order valence-corrected chi connectivity index (χ1v) is 28.3. The fourth-order valence-electron chi connectivity index (χ4n) is 9.30. The minimum absolute atomic E-state index is 0.00310. The number of nitrogens with one attached hydrogen (secondary N) is 6. The van der Waals surface area contributed by atoms with E-state index in [1.54, 1.807) is 104 Å². The number of hydrogen-bond donors (Lipinski definition) is 6. The standard InChI is InChI=1S/C61H88N8O14/c1-37-50(70)66-46(53(73)78-15)35-38-16-22-47(79-32-28-63-56(76)82-60(8,9)10)43(34-38)44-36-41(19-23-48(44)80-33-29-64-57(77)83-61(11,12)13)49(51(71)65-37)68(14)52(72)45(24-27-62-55(75)81-59(5,6)7)67-54(74)69-30-25-40(26-31-69)39-17-20-42(21-18-39)58(2,3)4/h16-23,34,36-37,40,45-46,49H,24-33,35H2,1-15H3,(H,62,75)(H,63,76)(H,64,77)(H,65,71)(H,66,70)(H,67,74)/t37-,45-,46-,49-/m0/s1. The van der Waals surface area contributed by atoms with Gasteiger partial charge in [0.15, 0.2) is 0 Å². The monoisotopic (exact) mass is 1160 g/mol. The van der Waals surface area contributed by atoms with Gasteiger partial charge in [0.25, 0.3) is 0 Å². The Morgan fingerprint density at radius 3 is 1.65 bits per heavy atom. The maximum atomic E-state index is 15.3. The van der Waals surface area contributed by atoms with E-state index in [1.165, 1.54) is 32.2 Å². The Bertz CT molecular complexity index is 2770. The van der Waals surface area contributed by atoms with E-state index >= 15 is 9.59 Å². The molecule has 2 aliphatic rings. The maximum Gasteiger partial charge on any atom is 0.407 e. The predicted molar refractivity (Wildman–Crippen MR) is 312 cm³/mol. The van der Waals surface area contributed by atoms with Gasteiger partial charge in [-0.05, 0) is 146 Å². The molecule has 8 amide bonds. The third-order valence-corrected chi connectivity index (χ3v) is 13.4. The zero-order chi connectivity index (χ0) is 61.6. The normalized spacial score (nSPS) is 17.4. The van der Waals surface area contributed by atoms with Crippen LogP contribution >= 0.6 is 0 Å². The predicted octanol–water partition coefficient (Wildman–Crippen LogP) is 7.55. The first-order chi connectivity index (χ1) is 38.7. The van der Waals surface area contributed by atoms with Crippen molar-refractivity contribution in [3.05, 3.63) is 82.9 Å². The van der Waals surface area contributed by atoms with Crippen LogP contribution in [0, 0.1) is 0 Å². The molecule has 1 saturated heterocycles. The summed E-state index contributed by atoms with van der Waals surface area (Å²) in [4.78, 5) is 113. The average molecular weight is 1160 g/mol. The van der Waals surface area contributed by atoms with Crippen LogP contribution in [0.3, 0.4) is 0 Å². The lowest BCUT2D eigenvalue weighted by molar-refractivity contribution is -0.145. The van der Waals surface area contributed by atoms with Gasteiger partial charge in [0, 0.05) is 44.2 Å². The summed E-state index contributed by atoms with van der Waals surface area (Å²) < 4.78 is 34.1. The molecule has 6 N–H and O–H groups in total. The second-order valence-electron chi connectivity index (χ2n) is 24.9. The quantitative estimate of drug-likeness (QED) is 0.0459. The van der Waals surface area contributed by atoms with Crippen LogP contribution < -0.4 is 41.4 Å². The average Bonchev–Trinajstić information content (AvgIpc) is 3.46. The van der Waals surface area contributed by atoms with E-state index in [4.69, 9.17) is 28.4 Å². The second-order valence-corrected chi connectivity index (χ2v) is 24.9. The zero-order valence-corrected chi connectivity index (χ0v) is 51.0. The molecule has 5 rings (SSSR count). The number of hydrogen-bond acceptors (Lipinski definition) is 14. The van der Waals surface area contributed by atoms with Crippen LogP contribution in [0.15, 0.2) is 60.7 Å². The highest BCUT2D eigenvalue weighted by Crippen LogP contribution is 2.40. The number of rotatable bonds is 16. The first-order valence-electron chi connectivity index (χ1n) is 28.3. The van der Waals surface area contributed by atoms with E-state index in [1.807, 2.05) is 0 Å². The number of likely N-dealkylation sites (tertiary alicyclic amines) is 1. The third kappa shape index (κ3) is 20.6. The number of carbonyl (C=O) groups is 8. The van der Waals surface area contributed by atoms with Gasteiger partial charge in [-0.25, -0.2) is 24.0 Å². The number of benzene rings is 3. The van der Waals surface area contributed by atoms with Crippen LogP contribution in [0.1, 0.15) is 143 Å². The molecular formula is C61H88N8O14. The number of ether oxygens (including phenoxy) is 6. The van der Waals surface area contributed by atoms with Crippen LogP contribution in [-0.2, 0) is 50.0 Å². The van der Waals surface area contributed by atoms with Crippen molar-refractivity contribution < 1.29 is 66.8 Å². The Balaban J connectivity index is 1.58. The highest BCUT2D eigenvalue weighted by Gasteiger charge is 2.38. The molecule has 0 radical (unpaired) electrons. The molecule has 456 valence electrons. The van der Waals surface area contributed by atoms with Crippen molar-refractivity contribution in [2.45, 2.75) is 168 Å². The van der Waals surface area contributed by atoms with Crippen molar-refractivity contribution in [3.63, 3.8) is 0 Å². The number of fused-ring (bicyclic) bond motifs is 5. The third-order valence-electron chi connectivity index (χ3n) is 13.4. The zero-order valence-electron chi connectivity index (χ0n) is 51.0. The molecule has 0 spiro atoms. The lowest BCUT2D eigenvalue weighted by Crippen LogP contribution is -2.56. The van der Waals surface area contributed by atoms with Gasteiger partial charge in [-0.15, -0.1) is 0 Å². The lowest BCUT2D eigenvalue weighted by atomic mass is 9.84. The van der Waals surface area contributed by atoms with Gasteiger partial charge < -0.3 is 70.1 Å². The Morgan fingerprint density at radius 1 is 0.651 bits per heavy atom. The summed E-state index contributed by atoms with van der Waals surface area (Å²) in [5.74, 6) is -2.32. The maximum absolute atomic E-state index is 15.3. The Kier molecular flexibility index (Phi) is 22.6. The van der Waals surface area contributed by atoms with E-state index in [0.29, 0.717) is 42.6 Å². The number of esters is 1. The highest BCUT2D eigenvalue weighted by molar-refractivity contribution is 5.96. The molecule has 0 saturated carbocycles. The van der Waals surface area contributed by atoms with E-state index < -0.39 is 89.0 Å². The number of alkyl carbamates (subject to hydrolysis) is 3. The summed E-state index contributed by atoms with van der Waals surface area (Å²) in [6.45, 7) is 24.1. The molecule has 22 nitrogen and oxygen atoms in total. The molecule has 2 heterocycles. The van der Waals surface area contributed by atoms with Gasteiger partial charge in [0.2, 0.25) is 17.7 Å². The molecule has 0 aliphatic carbocycles. The molecule has 4 atom stereocenters. The number of methoxy groups -OCH3 is 1. The van der Waals surface area contributed by atoms with Crippen LogP contribution in [0.2, 0.25) is 0 Å². The Morgan fingerprint density at radius 2 is 1.14 bits per heavy atom. The summed E-state index contributed by atoms with van der Waals surface area (Å²) in [5, 5.41) is 16.4. The van der Waals surface area contributed by atoms with Gasteiger partial charge in [-0.2, -0.15) is 0 Å². The molecule has 3 aromatic rings. The van der Waals surface area contributed by atoms with Crippen molar-refractivity contribution >= 4 is 48.0 Å². The van der Waals surface area contributed by atoms with Gasteiger partial charge in [0.05, 0.1) is 20.2 Å². The fraction of sp³-hybridized carbons (Fsp3) is 0.574. The number of carbonyl (C=O) groups excluding carboxylic acids is 8. The molecule has 0 unspecified atom stereocenters. The summed E-state index contributed by atoms with van der Waals surface area (Å²) in [6, 6.07) is 12.6. The molecule has 1 fully saturated rings. The van der Waals surface area contributed by atoms with Crippen LogP contribution in [0.4, 0.5) is 19.2 Å². The Labute approximate surface area is 488 Å². The molecule has 22 heteroatoms. The largest absolute Gasteiger partial charge is 0.491 e. The Hall–Kier alpha value is -7.78. The van der Waals surface area contributed by atoms with Gasteiger partial charge in [0.1, 0.15) is 65.7 Å². The van der Waals surface area contributed by atoms with E-state index in [9.17, 15) is 28.8 Å². The van der Waals surface area contributed by atoms with E-state index in [2.05, 4.69) is 76.9 Å². The van der Waals surface area contributed by atoms with Crippen LogP contribution in [0.5, 0.6) is 11.5 Å². The summed E-state index contributed by atoms with van der Waals surface area (Å²) in [7, 11) is 2.58. The molecule has 3 aromatic carbocycles. The number of piperidine rings is 1. The number of urea groups is 1. The minimum atomic E-state index is -1.53. The van der Waals surface area contributed by atoms with Crippen molar-refractivity contribution in [1.29, 1.82) is 0 Å². The van der Waals surface area contributed by atoms with Gasteiger partial charge in [-0.3, -0.25) is 14.4 Å². The summed E-state index contributed by atoms with van der Waals surface area (Å²) in [5.41, 5.74) is 1.52. The second kappa shape index (κ2) is 28.5. The smallest absolute Gasteiger partial charge is 0.407 e. The van der Waals surface area contributed by atoms with Crippen LogP contribution in [0.25, 0.3) is 11.1 Å². The van der Waals surface area contributed by atoms with E-state index in [-0.39, 0.29) is 74.1 Å². The van der Waals surface area contributed by atoms with Gasteiger partial charge in [-0.1, -0.05) is 57.2 Å². The molecule has 2 aliphatic heterocycles. The van der Waals surface area contributed by atoms with Crippen LogP contribution in [-0.4, -0.2) is 153 Å². The molecular weight excluding hydrogens is 1070 g/mol. The molecule has 4 bridgehead atoms. The van der Waals surface area contributed by atoms with Gasteiger partial charge >= 0.3 is 30.3 Å². The first kappa shape index (κ1) is 66.0. The van der Waals surface area contributed by atoms with Crippen molar-refractivity contribution in [2.75, 3.05) is 60.1 Å². The fourth-order valence-corrected chi connectivity index (χ4v) is 9.30. The topological polar surface area (TPSA) is 271 Å². The van der Waals surface area contributed by atoms with Crippen molar-refractivity contribution in [2.24, 2.45) is 0 Å². The summed E-state index contributed by atoms with van der Waals surface area (Å²) in [6.07, 6.45) is -0.904. The number of likely N-dealkylation sites (N-methyl/N-ethyl adjacent to an activating group) is 1. The van der Waals surface area contributed by atoms with Crippen molar-refractivity contribution in [3.8, 4) is 22.6 Å². The highest BCUT2D eigenvalue weighted by atomic mass is 16.6. The van der Waals surface area contributed by atoms with Crippen molar-refractivity contribution in [1.82, 2.24) is 41.7 Å². The minimum Gasteiger partial charge on any atom is -0.491 e. The van der Waals surface area contributed by atoms with E-state index in [0.717, 1.165) is 4.90 Å². The molecule has 83 heavy (non-hydrogen) atoms. The lowest BCUT2D eigenvalue weighted by Gasteiger charge is -2.35. The number of amides is 8. The summed E-state index contributed by atoms with van der Waals surface area (Å²) >= 11 is 0.